The second-order valence-electron chi connectivity index (χ2n) is 3.74. The standard InChI is InChI=1S/C10H11ClN4/c11-7-3-2-6-15-10(7)13-9(14-15)8-4-1-5-12-8/h2-3,6,8,12H,1,4-5H2. The van der Waals surface area contributed by atoms with Gasteiger partial charge in [-0.05, 0) is 31.5 Å². The third-order valence-corrected chi connectivity index (χ3v) is 3.00. The molecule has 5 heteroatoms. The zero-order valence-corrected chi connectivity index (χ0v) is 8.91. The van der Waals surface area contributed by atoms with Gasteiger partial charge in [0.25, 0.3) is 0 Å². The van der Waals surface area contributed by atoms with Crippen molar-refractivity contribution in [2.75, 3.05) is 6.54 Å². The van der Waals surface area contributed by atoms with Crippen molar-refractivity contribution in [3.8, 4) is 0 Å². The first-order chi connectivity index (χ1) is 7.34. The van der Waals surface area contributed by atoms with Crippen LogP contribution in [0.4, 0.5) is 0 Å². The van der Waals surface area contributed by atoms with Crippen LogP contribution in [0.3, 0.4) is 0 Å². The molecule has 1 aliphatic rings. The minimum atomic E-state index is 0.293. The van der Waals surface area contributed by atoms with Crippen molar-refractivity contribution in [2.24, 2.45) is 0 Å². The molecule has 1 atom stereocenters. The number of hydrogen-bond donors (Lipinski definition) is 1. The molecule has 1 aliphatic heterocycles. The number of aromatic nitrogens is 3. The third-order valence-electron chi connectivity index (χ3n) is 2.70. The van der Waals surface area contributed by atoms with E-state index in [1.165, 1.54) is 6.42 Å². The summed E-state index contributed by atoms with van der Waals surface area (Å²) in [5.41, 5.74) is 0.739. The third kappa shape index (κ3) is 1.50. The molecule has 2 aromatic heterocycles. The summed E-state index contributed by atoms with van der Waals surface area (Å²) in [6.07, 6.45) is 4.16. The molecule has 3 heterocycles. The number of fused-ring (bicyclic) bond motifs is 1. The van der Waals surface area contributed by atoms with Gasteiger partial charge in [-0.25, -0.2) is 9.50 Å². The monoisotopic (exact) mass is 222 g/mol. The van der Waals surface area contributed by atoms with Crippen LogP contribution in [0.25, 0.3) is 5.65 Å². The summed E-state index contributed by atoms with van der Waals surface area (Å²) in [4.78, 5) is 4.45. The molecular formula is C10H11ClN4. The second-order valence-corrected chi connectivity index (χ2v) is 4.15. The van der Waals surface area contributed by atoms with Crippen LogP contribution in [0, 0.1) is 0 Å². The molecule has 2 aromatic rings. The predicted octanol–water partition coefficient (Wildman–Crippen LogP) is 1.81. The Kier molecular flexibility index (Phi) is 2.11. The van der Waals surface area contributed by atoms with E-state index in [1.807, 2.05) is 18.3 Å². The predicted molar refractivity (Wildman–Crippen MR) is 58.0 cm³/mol. The smallest absolute Gasteiger partial charge is 0.174 e. The minimum Gasteiger partial charge on any atom is -0.307 e. The Morgan fingerprint density at radius 2 is 2.47 bits per heavy atom. The molecule has 0 aliphatic carbocycles. The number of rotatable bonds is 1. The minimum absolute atomic E-state index is 0.293. The molecule has 15 heavy (non-hydrogen) atoms. The number of nitrogens with zero attached hydrogens (tertiary/aromatic N) is 3. The van der Waals surface area contributed by atoms with Crippen LogP contribution in [-0.2, 0) is 0 Å². The average molecular weight is 223 g/mol. The summed E-state index contributed by atoms with van der Waals surface area (Å²) in [6, 6.07) is 3.99. The van der Waals surface area contributed by atoms with Gasteiger partial charge < -0.3 is 5.32 Å². The van der Waals surface area contributed by atoms with Gasteiger partial charge in [-0.1, -0.05) is 11.6 Å². The fourth-order valence-electron chi connectivity index (χ4n) is 1.94. The van der Waals surface area contributed by atoms with Crippen molar-refractivity contribution in [3.63, 3.8) is 0 Å². The summed E-state index contributed by atoms with van der Waals surface area (Å²) in [5, 5.41) is 8.43. The van der Waals surface area contributed by atoms with Gasteiger partial charge >= 0.3 is 0 Å². The van der Waals surface area contributed by atoms with E-state index < -0.39 is 0 Å². The molecule has 3 rings (SSSR count). The first-order valence-electron chi connectivity index (χ1n) is 5.09. The van der Waals surface area contributed by atoms with Crippen LogP contribution < -0.4 is 5.32 Å². The van der Waals surface area contributed by atoms with Crippen molar-refractivity contribution in [1.82, 2.24) is 19.9 Å². The lowest BCUT2D eigenvalue weighted by Crippen LogP contribution is -2.14. The average Bonchev–Trinajstić information content (AvgIpc) is 2.86. The first kappa shape index (κ1) is 9.12. The van der Waals surface area contributed by atoms with Crippen LogP contribution in [0.5, 0.6) is 0 Å². The summed E-state index contributed by atoms with van der Waals surface area (Å²) in [7, 11) is 0. The molecule has 1 fully saturated rings. The Bertz CT molecular complexity index is 487. The van der Waals surface area contributed by atoms with E-state index in [4.69, 9.17) is 11.6 Å². The lowest BCUT2D eigenvalue weighted by atomic mass is 10.2. The van der Waals surface area contributed by atoms with E-state index in [1.54, 1.807) is 4.52 Å². The largest absolute Gasteiger partial charge is 0.307 e. The van der Waals surface area contributed by atoms with Gasteiger partial charge in [-0.15, -0.1) is 5.10 Å². The normalized spacial score (nSPS) is 21.3. The molecule has 0 spiro atoms. The molecule has 1 N–H and O–H groups in total. The second kappa shape index (κ2) is 3.47. The Morgan fingerprint density at radius 3 is 3.20 bits per heavy atom. The Balaban J connectivity index is 2.09. The van der Waals surface area contributed by atoms with E-state index in [-0.39, 0.29) is 0 Å². The van der Waals surface area contributed by atoms with Crippen molar-refractivity contribution in [3.05, 3.63) is 29.2 Å². The lowest BCUT2D eigenvalue weighted by Gasteiger charge is -2.02. The molecule has 1 saturated heterocycles. The first-order valence-corrected chi connectivity index (χ1v) is 5.46. The Labute approximate surface area is 92.3 Å². The highest BCUT2D eigenvalue weighted by Gasteiger charge is 2.20. The number of halogens is 1. The molecule has 0 bridgehead atoms. The molecular weight excluding hydrogens is 212 g/mol. The van der Waals surface area contributed by atoms with Crippen LogP contribution in [0.1, 0.15) is 24.7 Å². The fourth-order valence-corrected chi connectivity index (χ4v) is 2.14. The zero-order chi connectivity index (χ0) is 10.3. The zero-order valence-electron chi connectivity index (χ0n) is 8.15. The lowest BCUT2D eigenvalue weighted by molar-refractivity contribution is 0.604. The van der Waals surface area contributed by atoms with Gasteiger partial charge in [0.05, 0.1) is 11.1 Å². The summed E-state index contributed by atoms with van der Waals surface area (Å²) in [5.74, 6) is 0.848. The topological polar surface area (TPSA) is 42.2 Å². The van der Waals surface area contributed by atoms with E-state index in [2.05, 4.69) is 15.4 Å². The van der Waals surface area contributed by atoms with Crippen LogP contribution in [0.2, 0.25) is 5.02 Å². The number of hydrogen-bond acceptors (Lipinski definition) is 3. The van der Waals surface area contributed by atoms with Crippen LogP contribution >= 0.6 is 11.6 Å². The SMILES string of the molecule is Clc1cccn2nc(C3CCCN3)nc12. The maximum absolute atomic E-state index is 6.03. The summed E-state index contributed by atoms with van der Waals surface area (Å²) < 4.78 is 1.73. The Morgan fingerprint density at radius 1 is 1.53 bits per heavy atom. The fraction of sp³-hybridized carbons (Fsp3) is 0.400. The molecule has 0 saturated carbocycles. The van der Waals surface area contributed by atoms with Crippen LogP contribution in [0.15, 0.2) is 18.3 Å². The van der Waals surface area contributed by atoms with Gasteiger partial charge in [-0.3, -0.25) is 0 Å². The summed E-state index contributed by atoms with van der Waals surface area (Å²) in [6.45, 7) is 1.05. The summed E-state index contributed by atoms with van der Waals surface area (Å²) >= 11 is 6.03. The molecule has 1 unspecified atom stereocenters. The highest BCUT2D eigenvalue weighted by molar-refractivity contribution is 6.33. The van der Waals surface area contributed by atoms with E-state index in [0.29, 0.717) is 11.1 Å². The van der Waals surface area contributed by atoms with Crippen molar-refractivity contribution in [2.45, 2.75) is 18.9 Å². The number of nitrogens with one attached hydrogen (secondary N) is 1. The maximum Gasteiger partial charge on any atom is 0.174 e. The van der Waals surface area contributed by atoms with E-state index in [9.17, 15) is 0 Å². The van der Waals surface area contributed by atoms with Gasteiger partial charge in [0.2, 0.25) is 0 Å². The van der Waals surface area contributed by atoms with Crippen LogP contribution in [-0.4, -0.2) is 21.1 Å². The molecule has 78 valence electrons. The van der Waals surface area contributed by atoms with Gasteiger partial charge in [0, 0.05) is 6.20 Å². The Hall–Kier alpha value is -1.13. The van der Waals surface area contributed by atoms with E-state index in [0.717, 1.165) is 24.4 Å². The van der Waals surface area contributed by atoms with Crippen molar-refractivity contribution < 1.29 is 0 Å². The van der Waals surface area contributed by atoms with E-state index >= 15 is 0 Å². The van der Waals surface area contributed by atoms with Crippen molar-refractivity contribution >= 4 is 17.2 Å². The molecule has 4 nitrogen and oxygen atoms in total. The van der Waals surface area contributed by atoms with Gasteiger partial charge in [-0.2, -0.15) is 0 Å². The van der Waals surface area contributed by atoms with Crippen molar-refractivity contribution in [1.29, 1.82) is 0 Å². The van der Waals surface area contributed by atoms with Gasteiger partial charge in [0.1, 0.15) is 0 Å². The number of pyridine rings is 1. The maximum atomic E-state index is 6.03. The molecule has 0 amide bonds. The molecule has 0 radical (unpaired) electrons. The highest BCUT2D eigenvalue weighted by atomic mass is 35.5. The molecule has 0 aromatic carbocycles. The van der Waals surface area contributed by atoms with Gasteiger partial charge in [0.15, 0.2) is 11.5 Å². The quantitative estimate of drug-likeness (QED) is 0.800. The highest BCUT2D eigenvalue weighted by Crippen LogP contribution is 2.22.